The zero-order chi connectivity index (χ0) is 31.2. The lowest BCUT2D eigenvalue weighted by Gasteiger charge is -2.32. The number of ether oxygens (including phenoxy) is 2. The predicted molar refractivity (Wildman–Crippen MR) is 165 cm³/mol. The van der Waals surface area contributed by atoms with Gasteiger partial charge in [0.05, 0.1) is 23.9 Å². The molecular formula is C36H30N2O8. The lowest BCUT2D eigenvalue weighted by molar-refractivity contribution is -0.120. The van der Waals surface area contributed by atoms with E-state index < -0.39 is 35.9 Å². The number of benzene rings is 2. The summed E-state index contributed by atoms with van der Waals surface area (Å²) in [5, 5.41) is 21.5. The highest BCUT2D eigenvalue weighted by molar-refractivity contribution is 6.00. The Morgan fingerprint density at radius 2 is 1.11 bits per heavy atom. The van der Waals surface area contributed by atoms with Crippen LogP contribution in [0.1, 0.15) is 49.0 Å². The predicted octanol–water partition coefficient (Wildman–Crippen LogP) is 5.54. The lowest BCUT2D eigenvalue weighted by Crippen LogP contribution is -2.45. The van der Waals surface area contributed by atoms with Crippen molar-refractivity contribution in [3.8, 4) is 22.6 Å². The molecule has 6 aliphatic rings. The minimum Gasteiger partial charge on any atom is -0.464 e. The van der Waals surface area contributed by atoms with Crippen LogP contribution in [0.25, 0.3) is 22.6 Å². The number of hydrogen-bond donors (Lipinski definition) is 2. The molecule has 0 saturated carbocycles. The number of amides is 2. The number of carbonyl (C=O) groups excluding carboxylic acids is 2. The molecule has 232 valence electrons. The van der Waals surface area contributed by atoms with Gasteiger partial charge < -0.3 is 28.5 Å². The molecule has 6 aliphatic heterocycles. The molecule has 6 atom stereocenters. The summed E-state index contributed by atoms with van der Waals surface area (Å²) in [4.78, 5) is 28.3. The lowest BCUT2D eigenvalue weighted by atomic mass is 9.97. The van der Waals surface area contributed by atoms with Crippen molar-refractivity contribution < 1.29 is 38.1 Å². The molecule has 10 heteroatoms. The topological polar surface area (TPSA) is 126 Å². The van der Waals surface area contributed by atoms with Crippen molar-refractivity contribution in [2.24, 2.45) is 0 Å². The molecule has 2 amide bonds. The average molecular weight is 619 g/mol. The van der Waals surface area contributed by atoms with E-state index in [0.29, 0.717) is 36.8 Å². The summed E-state index contributed by atoms with van der Waals surface area (Å²) in [6.07, 6.45) is 10.4. The Morgan fingerprint density at radius 1 is 0.652 bits per heavy atom. The summed E-state index contributed by atoms with van der Waals surface area (Å²) in [5.74, 6) is 1.51. The Balaban J connectivity index is 0.000000127. The third kappa shape index (κ3) is 3.91. The molecule has 10 rings (SSSR count). The van der Waals surface area contributed by atoms with Gasteiger partial charge in [0.2, 0.25) is 11.8 Å². The van der Waals surface area contributed by atoms with Crippen LogP contribution >= 0.6 is 0 Å². The Labute approximate surface area is 263 Å². The summed E-state index contributed by atoms with van der Waals surface area (Å²) < 4.78 is 23.0. The number of anilines is 2. The second-order valence-corrected chi connectivity index (χ2v) is 12.4. The fraction of sp³-hybridized carbons (Fsp3) is 0.278. The number of furan rings is 2. The molecule has 0 radical (unpaired) electrons. The quantitative estimate of drug-likeness (QED) is 0.281. The summed E-state index contributed by atoms with van der Waals surface area (Å²) >= 11 is 0. The van der Waals surface area contributed by atoms with Gasteiger partial charge in [0, 0.05) is 47.9 Å². The molecule has 2 aromatic heterocycles. The number of rotatable bonds is 2. The molecule has 2 spiro atoms. The van der Waals surface area contributed by atoms with Gasteiger partial charge >= 0.3 is 0 Å². The molecule has 46 heavy (non-hydrogen) atoms. The first-order valence-corrected chi connectivity index (χ1v) is 15.5. The number of hydrogen-bond acceptors (Lipinski definition) is 8. The van der Waals surface area contributed by atoms with Crippen LogP contribution in [0.5, 0.6) is 0 Å². The van der Waals surface area contributed by atoms with E-state index >= 15 is 0 Å². The van der Waals surface area contributed by atoms with Gasteiger partial charge in [-0.1, -0.05) is 12.2 Å². The van der Waals surface area contributed by atoms with Crippen molar-refractivity contribution in [3.63, 3.8) is 0 Å². The van der Waals surface area contributed by atoms with Gasteiger partial charge in [-0.15, -0.1) is 0 Å². The van der Waals surface area contributed by atoms with Crippen molar-refractivity contribution >= 4 is 23.2 Å². The Hall–Kier alpha value is -4.74. The monoisotopic (exact) mass is 618 g/mol. The van der Waals surface area contributed by atoms with Gasteiger partial charge in [-0.3, -0.25) is 19.4 Å². The fourth-order valence-corrected chi connectivity index (χ4v) is 7.65. The highest BCUT2D eigenvalue weighted by Gasteiger charge is 2.55. The number of aliphatic hydroxyl groups is 2. The highest BCUT2D eigenvalue weighted by atomic mass is 16.6. The molecule has 0 unspecified atom stereocenters. The van der Waals surface area contributed by atoms with Crippen LogP contribution < -0.4 is 9.80 Å². The minimum atomic E-state index is -0.811. The average Bonchev–Trinajstić information content (AvgIpc) is 3.92. The Bertz CT molecular complexity index is 1790. The smallest absolute Gasteiger partial charge is 0.229 e. The van der Waals surface area contributed by atoms with Crippen molar-refractivity contribution in [2.75, 3.05) is 9.80 Å². The van der Waals surface area contributed by atoms with E-state index in [-0.39, 0.29) is 11.8 Å². The standard InChI is InChI=1S/2C18H15NO4/c2*20-16-6-8-18-7-5-15(23-18)17(21)12-10-11(14-2-1-9-22-14)3-4-13(12)19(16)18/h2*1-5,7,9-10,15,17,21H,6,8H2/t2*15-,17+,18-/m00/s1. The normalized spacial score (nSPS) is 31.2. The Morgan fingerprint density at radius 3 is 1.52 bits per heavy atom. The summed E-state index contributed by atoms with van der Waals surface area (Å²) in [7, 11) is 0. The molecule has 0 aliphatic carbocycles. The minimum absolute atomic E-state index is 0.0244. The van der Waals surface area contributed by atoms with E-state index in [1.165, 1.54) is 0 Å². The van der Waals surface area contributed by atoms with E-state index in [2.05, 4.69) is 0 Å². The van der Waals surface area contributed by atoms with Crippen LogP contribution in [0.15, 0.2) is 106 Å². The third-order valence-corrected chi connectivity index (χ3v) is 9.83. The molecule has 2 fully saturated rings. The largest absolute Gasteiger partial charge is 0.464 e. The first-order chi connectivity index (χ1) is 22.4. The van der Waals surface area contributed by atoms with Gasteiger partial charge in [0.1, 0.15) is 35.9 Å². The second-order valence-electron chi connectivity index (χ2n) is 12.4. The molecule has 2 saturated heterocycles. The van der Waals surface area contributed by atoms with E-state index in [1.54, 1.807) is 22.3 Å². The van der Waals surface area contributed by atoms with E-state index in [9.17, 15) is 19.8 Å². The molecule has 4 bridgehead atoms. The maximum atomic E-state index is 12.4. The van der Waals surface area contributed by atoms with Gasteiger partial charge in [-0.25, -0.2) is 0 Å². The maximum Gasteiger partial charge on any atom is 0.229 e. The van der Waals surface area contributed by atoms with Gasteiger partial charge in [-0.05, 0) is 72.8 Å². The van der Waals surface area contributed by atoms with E-state index in [0.717, 1.165) is 34.0 Å². The molecule has 2 N–H and O–H groups in total. The molecule has 2 aromatic carbocycles. The highest BCUT2D eigenvalue weighted by Crippen LogP contribution is 2.51. The van der Waals surface area contributed by atoms with E-state index in [4.69, 9.17) is 18.3 Å². The SMILES string of the molecule is O=C1CC[C@]23C=C[C@H](O2)[C@H](O)c2cc(-c4ccco4)ccc2N13.O=C1CC[C@]23C=C[C@H](O2)[C@H](O)c2cc(-c4ccco4)ccc2N13. The first kappa shape index (κ1) is 27.6. The zero-order valence-electron chi connectivity index (χ0n) is 24.6. The summed E-state index contributed by atoms with van der Waals surface area (Å²) in [6.45, 7) is 0. The van der Waals surface area contributed by atoms with Crippen LogP contribution in [-0.2, 0) is 19.1 Å². The number of fused-ring (bicyclic) bond motifs is 6. The summed E-state index contributed by atoms with van der Waals surface area (Å²) in [5.41, 5.74) is 3.12. The van der Waals surface area contributed by atoms with Gasteiger partial charge in [0.15, 0.2) is 11.4 Å². The van der Waals surface area contributed by atoms with Crippen LogP contribution in [0.2, 0.25) is 0 Å². The van der Waals surface area contributed by atoms with Gasteiger partial charge in [-0.2, -0.15) is 0 Å². The number of nitrogens with zero attached hydrogens (tertiary/aromatic N) is 2. The number of carbonyl (C=O) groups is 2. The van der Waals surface area contributed by atoms with Crippen LogP contribution in [0.4, 0.5) is 11.4 Å². The maximum absolute atomic E-state index is 12.4. The first-order valence-electron chi connectivity index (χ1n) is 15.5. The molecule has 8 heterocycles. The van der Waals surface area contributed by atoms with E-state index in [1.807, 2.05) is 85.0 Å². The third-order valence-electron chi connectivity index (χ3n) is 9.83. The summed E-state index contributed by atoms with van der Waals surface area (Å²) in [6, 6.07) is 18.7. The van der Waals surface area contributed by atoms with Crippen LogP contribution in [0.3, 0.4) is 0 Å². The zero-order valence-corrected chi connectivity index (χ0v) is 24.6. The molecular weight excluding hydrogens is 588 g/mol. The van der Waals surface area contributed by atoms with Crippen LogP contribution in [0, 0.1) is 0 Å². The van der Waals surface area contributed by atoms with Crippen molar-refractivity contribution in [1.29, 1.82) is 0 Å². The molecule has 4 aromatic rings. The van der Waals surface area contributed by atoms with Crippen molar-refractivity contribution in [3.05, 3.63) is 109 Å². The fourth-order valence-electron chi connectivity index (χ4n) is 7.65. The number of aliphatic hydroxyl groups excluding tert-OH is 2. The second kappa shape index (κ2) is 9.88. The molecule has 10 nitrogen and oxygen atoms in total. The Kier molecular flexibility index (Phi) is 5.92. The van der Waals surface area contributed by atoms with Gasteiger partial charge in [0.25, 0.3) is 0 Å². The van der Waals surface area contributed by atoms with Crippen molar-refractivity contribution in [2.45, 2.75) is 61.5 Å². The van der Waals surface area contributed by atoms with Crippen molar-refractivity contribution in [1.82, 2.24) is 0 Å². The van der Waals surface area contributed by atoms with Crippen LogP contribution in [-0.4, -0.2) is 45.7 Å².